The molecule has 1 aromatic carbocycles. The standard InChI is InChI=1S/C17H24N2O4S/c20-17(21)12-9-10-15(18-13-5-1-2-6-13)16(11-12)24(22,23)19-14-7-3-4-8-14/h9-11,13-14,18-19H,1-8H2,(H,20,21). The Morgan fingerprint density at radius 2 is 1.58 bits per heavy atom. The lowest BCUT2D eigenvalue weighted by atomic mass is 10.2. The summed E-state index contributed by atoms with van der Waals surface area (Å²) < 4.78 is 28.4. The molecule has 0 aliphatic heterocycles. The molecule has 0 spiro atoms. The smallest absolute Gasteiger partial charge is 0.335 e. The third kappa shape index (κ3) is 3.89. The van der Waals surface area contributed by atoms with Crippen LogP contribution in [-0.2, 0) is 10.0 Å². The van der Waals surface area contributed by atoms with Gasteiger partial charge in [0.05, 0.1) is 11.3 Å². The molecule has 3 N–H and O–H groups in total. The van der Waals surface area contributed by atoms with Crippen molar-refractivity contribution >= 4 is 21.7 Å². The Kier molecular flexibility index (Phi) is 5.10. The molecule has 1 aromatic rings. The molecule has 24 heavy (non-hydrogen) atoms. The molecule has 7 heteroatoms. The average molecular weight is 352 g/mol. The van der Waals surface area contributed by atoms with Gasteiger partial charge in [0.1, 0.15) is 4.90 Å². The Labute approximate surface area is 142 Å². The minimum absolute atomic E-state index is 0.0150. The summed E-state index contributed by atoms with van der Waals surface area (Å²) in [4.78, 5) is 11.3. The monoisotopic (exact) mass is 352 g/mol. The van der Waals surface area contributed by atoms with E-state index in [-0.39, 0.29) is 22.5 Å². The molecule has 0 radical (unpaired) electrons. The molecule has 2 aliphatic rings. The van der Waals surface area contributed by atoms with E-state index in [1.165, 1.54) is 12.1 Å². The van der Waals surface area contributed by atoms with Crippen LogP contribution in [-0.4, -0.2) is 31.6 Å². The molecule has 2 fully saturated rings. The second kappa shape index (κ2) is 7.11. The summed E-state index contributed by atoms with van der Waals surface area (Å²) in [6.45, 7) is 0. The molecule has 3 rings (SSSR count). The topological polar surface area (TPSA) is 95.5 Å². The van der Waals surface area contributed by atoms with Crippen molar-refractivity contribution in [2.45, 2.75) is 68.3 Å². The van der Waals surface area contributed by atoms with E-state index >= 15 is 0 Å². The quantitative estimate of drug-likeness (QED) is 0.731. The van der Waals surface area contributed by atoms with Gasteiger partial charge >= 0.3 is 5.97 Å². The van der Waals surface area contributed by atoms with Gasteiger partial charge in [0, 0.05) is 12.1 Å². The van der Waals surface area contributed by atoms with Crippen molar-refractivity contribution in [1.29, 1.82) is 0 Å². The predicted molar refractivity (Wildman–Crippen MR) is 91.9 cm³/mol. The van der Waals surface area contributed by atoms with Crippen LogP contribution in [0.1, 0.15) is 61.7 Å². The Hall–Kier alpha value is -1.60. The van der Waals surface area contributed by atoms with Crippen LogP contribution in [0.3, 0.4) is 0 Å². The number of aromatic carboxylic acids is 1. The highest BCUT2D eigenvalue weighted by Gasteiger charge is 2.27. The molecule has 0 unspecified atom stereocenters. The number of anilines is 1. The molecule has 132 valence electrons. The first-order valence-electron chi connectivity index (χ1n) is 8.62. The fraction of sp³-hybridized carbons (Fsp3) is 0.588. The molecule has 0 heterocycles. The van der Waals surface area contributed by atoms with Gasteiger partial charge in [-0.3, -0.25) is 0 Å². The van der Waals surface area contributed by atoms with Gasteiger partial charge in [-0.15, -0.1) is 0 Å². The molecular formula is C17H24N2O4S. The van der Waals surface area contributed by atoms with E-state index in [4.69, 9.17) is 0 Å². The van der Waals surface area contributed by atoms with E-state index in [2.05, 4.69) is 10.0 Å². The molecular weight excluding hydrogens is 328 g/mol. The number of carbonyl (C=O) groups is 1. The van der Waals surface area contributed by atoms with Gasteiger partial charge in [0.25, 0.3) is 0 Å². The fourth-order valence-corrected chi connectivity index (χ4v) is 5.11. The number of carboxylic acids is 1. The lowest BCUT2D eigenvalue weighted by Gasteiger charge is -2.19. The number of carboxylic acid groups (broad SMARTS) is 1. The highest BCUT2D eigenvalue weighted by Crippen LogP contribution is 2.29. The first-order valence-corrected chi connectivity index (χ1v) is 10.1. The second-order valence-corrected chi connectivity index (χ2v) is 8.43. The summed E-state index contributed by atoms with van der Waals surface area (Å²) in [7, 11) is -3.75. The molecule has 0 saturated heterocycles. The minimum atomic E-state index is -3.75. The van der Waals surface area contributed by atoms with Crippen molar-refractivity contribution in [2.24, 2.45) is 0 Å². The normalized spacial score (nSPS) is 19.7. The number of hydrogen-bond donors (Lipinski definition) is 3. The van der Waals surface area contributed by atoms with Crippen LogP contribution in [0.15, 0.2) is 23.1 Å². The Bertz CT molecular complexity index is 705. The fourth-order valence-electron chi connectivity index (χ4n) is 3.61. The van der Waals surface area contributed by atoms with E-state index in [1.807, 2.05) is 0 Å². The van der Waals surface area contributed by atoms with Crippen LogP contribution in [0.5, 0.6) is 0 Å². The van der Waals surface area contributed by atoms with E-state index in [9.17, 15) is 18.3 Å². The van der Waals surface area contributed by atoms with Gasteiger partial charge in [-0.2, -0.15) is 0 Å². The van der Waals surface area contributed by atoms with Crippen LogP contribution in [0, 0.1) is 0 Å². The number of sulfonamides is 1. The van der Waals surface area contributed by atoms with Crippen molar-refractivity contribution in [3.05, 3.63) is 23.8 Å². The lowest BCUT2D eigenvalue weighted by Crippen LogP contribution is -2.33. The molecule has 6 nitrogen and oxygen atoms in total. The van der Waals surface area contributed by atoms with Gasteiger partial charge in [-0.25, -0.2) is 17.9 Å². The van der Waals surface area contributed by atoms with Crippen LogP contribution in [0.4, 0.5) is 5.69 Å². The molecule has 0 amide bonds. The van der Waals surface area contributed by atoms with E-state index in [0.29, 0.717) is 5.69 Å². The second-order valence-electron chi connectivity index (χ2n) is 6.74. The SMILES string of the molecule is O=C(O)c1ccc(NC2CCCC2)c(S(=O)(=O)NC2CCCC2)c1. The minimum Gasteiger partial charge on any atom is -0.478 e. The van der Waals surface area contributed by atoms with Gasteiger partial charge < -0.3 is 10.4 Å². The third-order valence-electron chi connectivity index (χ3n) is 4.91. The number of nitrogens with one attached hydrogen (secondary N) is 2. The van der Waals surface area contributed by atoms with E-state index in [1.54, 1.807) is 6.07 Å². The van der Waals surface area contributed by atoms with Crippen LogP contribution < -0.4 is 10.0 Å². The summed E-state index contributed by atoms with van der Waals surface area (Å²) in [5.41, 5.74) is 0.483. The van der Waals surface area contributed by atoms with Gasteiger partial charge in [0.15, 0.2) is 0 Å². The van der Waals surface area contributed by atoms with Gasteiger partial charge in [-0.05, 0) is 43.9 Å². The number of rotatable bonds is 6. The van der Waals surface area contributed by atoms with Gasteiger partial charge in [0.2, 0.25) is 10.0 Å². The largest absolute Gasteiger partial charge is 0.478 e. The summed E-state index contributed by atoms with van der Waals surface area (Å²) in [5.74, 6) is -1.13. The lowest BCUT2D eigenvalue weighted by molar-refractivity contribution is 0.0696. The number of hydrogen-bond acceptors (Lipinski definition) is 4. The average Bonchev–Trinajstić information content (AvgIpc) is 3.20. The molecule has 0 aromatic heterocycles. The zero-order valence-corrected chi connectivity index (χ0v) is 14.4. The molecule has 2 saturated carbocycles. The Balaban J connectivity index is 1.91. The summed E-state index contributed by atoms with van der Waals surface area (Å²) >= 11 is 0. The van der Waals surface area contributed by atoms with Crippen molar-refractivity contribution < 1.29 is 18.3 Å². The zero-order valence-electron chi connectivity index (χ0n) is 13.6. The Morgan fingerprint density at radius 1 is 1.00 bits per heavy atom. The van der Waals surface area contributed by atoms with Crippen molar-refractivity contribution in [3.8, 4) is 0 Å². The first-order chi connectivity index (χ1) is 11.5. The summed E-state index contributed by atoms with van der Waals surface area (Å²) in [6.07, 6.45) is 8.00. The Morgan fingerprint density at radius 3 is 2.17 bits per heavy atom. The highest BCUT2D eigenvalue weighted by atomic mass is 32.2. The zero-order chi connectivity index (χ0) is 17.2. The van der Waals surface area contributed by atoms with Crippen LogP contribution in [0.25, 0.3) is 0 Å². The van der Waals surface area contributed by atoms with Crippen LogP contribution >= 0.6 is 0 Å². The molecule has 2 aliphatic carbocycles. The molecule has 0 atom stereocenters. The maximum atomic E-state index is 12.8. The summed E-state index contributed by atoms with van der Waals surface area (Å²) in [5, 5.41) is 12.5. The van der Waals surface area contributed by atoms with E-state index < -0.39 is 16.0 Å². The van der Waals surface area contributed by atoms with Crippen LogP contribution in [0.2, 0.25) is 0 Å². The first kappa shape index (κ1) is 17.2. The summed E-state index contributed by atoms with van der Waals surface area (Å²) in [6, 6.07) is 4.49. The third-order valence-corrected chi connectivity index (χ3v) is 6.47. The van der Waals surface area contributed by atoms with Crippen molar-refractivity contribution in [3.63, 3.8) is 0 Å². The highest BCUT2D eigenvalue weighted by molar-refractivity contribution is 7.89. The molecule has 0 bridgehead atoms. The number of benzene rings is 1. The van der Waals surface area contributed by atoms with Crippen molar-refractivity contribution in [1.82, 2.24) is 4.72 Å². The predicted octanol–water partition coefficient (Wildman–Crippen LogP) is 2.96. The maximum Gasteiger partial charge on any atom is 0.335 e. The van der Waals surface area contributed by atoms with E-state index in [0.717, 1.165) is 51.4 Å². The van der Waals surface area contributed by atoms with Crippen molar-refractivity contribution in [2.75, 3.05) is 5.32 Å². The van der Waals surface area contributed by atoms with Gasteiger partial charge in [-0.1, -0.05) is 25.7 Å². The maximum absolute atomic E-state index is 12.8.